The molecule has 5 nitrogen and oxygen atoms in total. The number of hydrogen-bond donors (Lipinski definition) is 0. The van der Waals surface area contributed by atoms with Crippen LogP contribution in [-0.2, 0) is 4.84 Å². The van der Waals surface area contributed by atoms with E-state index in [1.807, 2.05) is 0 Å². The van der Waals surface area contributed by atoms with Crippen LogP contribution in [0.4, 0.5) is 0 Å². The molecule has 0 spiro atoms. The number of hydroxylamine groups is 2. The summed E-state index contributed by atoms with van der Waals surface area (Å²) < 4.78 is 0.269. The molecule has 2 rings (SSSR count). The summed E-state index contributed by atoms with van der Waals surface area (Å²) in [4.78, 5) is 16.8. The number of halogens is 1. The molecule has 0 N–H and O–H groups in total. The molecule has 0 atom stereocenters. The highest BCUT2D eigenvalue weighted by atomic mass is 35.5. The largest absolute Gasteiger partial charge is 0.308 e. The number of nitrogens with zero attached hydrogens (tertiary/aromatic N) is 3. The maximum absolute atomic E-state index is 11.7. The van der Waals surface area contributed by atoms with Crippen LogP contribution in [-0.4, -0.2) is 34.3 Å². The molecule has 1 aromatic rings. The van der Waals surface area contributed by atoms with E-state index in [1.54, 1.807) is 0 Å². The van der Waals surface area contributed by atoms with Crippen LogP contribution in [0, 0.1) is 0 Å². The standard InChI is InChI=1S/C7H8ClN3O2S/c8-7-10-9-5(14-7)6(12)11-3-1-2-4-13-11/h1-4H2. The lowest BCUT2D eigenvalue weighted by Gasteiger charge is -2.24. The first-order chi connectivity index (χ1) is 6.77. The molecule has 1 amide bonds. The van der Waals surface area contributed by atoms with Gasteiger partial charge in [0.15, 0.2) is 0 Å². The predicted molar refractivity (Wildman–Crippen MR) is 51.1 cm³/mol. The van der Waals surface area contributed by atoms with E-state index in [4.69, 9.17) is 16.4 Å². The van der Waals surface area contributed by atoms with Crippen molar-refractivity contribution in [3.63, 3.8) is 0 Å². The molecule has 0 bridgehead atoms. The van der Waals surface area contributed by atoms with Crippen LogP contribution >= 0.6 is 22.9 Å². The monoisotopic (exact) mass is 233 g/mol. The third-order valence-corrected chi connectivity index (χ3v) is 2.82. The van der Waals surface area contributed by atoms with Crippen LogP contribution in [0.5, 0.6) is 0 Å². The topological polar surface area (TPSA) is 55.3 Å². The lowest BCUT2D eigenvalue weighted by molar-refractivity contribution is -0.144. The Bertz CT molecular complexity index is 337. The maximum atomic E-state index is 11.7. The number of rotatable bonds is 1. The molecule has 0 radical (unpaired) electrons. The lowest BCUT2D eigenvalue weighted by Crippen LogP contribution is -2.35. The van der Waals surface area contributed by atoms with Crippen molar-refractivity contribution < 1.29 is 9.63 Å². The number of hydrogen-bond acceptors (Lipinski definition) is 5. The van der Waals surface area contributed by atoms with Crippen LogP contribution in [0.2, 0.25) is 4.47 Å². The van der Waals surface area contributed by atoms with Gasteiger partial charge in [-0.15, -0.1) is 10.2 Å². The zero-order valence-electron chi connectivity index (χ0n) is 7.27. The highest BCUT2D eigenvalue weighted by Crippen LogP contribution is 2.18. The Labute approximate surface area is 89.6 Å². The lowest BCUT2D eigenvalue weighted by atomic mass is 10.3. The van der Waals surface area contributed by atoms with Gasteiger partial charge in [0.1, 0.15) is 0 Å². The summed E-state index contributed by atoms with van der Waals surface area (Å²) in [6.45, 7) is 1.19. The van der Waals surface area contributed by atoms with Crippen molar-refractivity contribution in [2.24, 2.45) is 0 Å². The smallest absolute Gasteiger partial charge is 0.271 e. The number of carbonyl (C=O) groups is 1. The second-order valence-electron chi connectivity index (χ2n) is 2.81. The van der Waals surface area contributed by atoms with Crippen LogP contribution < -0.4 is 0 Å². The Morgan fingerprint density at radius 2 is 2.36 bits per heavy atom. The minimum atomic E-state index is -0.255. The Hall–Kier alpha value is -0.720. The average molecular weight is 234 g/mol. The Morgan fingerprint density at radius 1 is 1.50 bits per heavy atom. The Kier molecular flexibility index (Phi) is 2.95. The van der Waals surface area contributed by atoms with E-state index in [0.29, 0.717) is 13.2 Å². The van der Waals surface area contributed by atoms with Crippen molar-refractivity contribution in [1.82, 2.24) is 15.3 Å². The van der Waals surface area contributed by atoms with Crippen LogP contribution in [0.25, 0.3) is 0 Å². The van der Waals surface area contributed by atoms with E-state index >= 15 is 0 Å². The van der Waals surface area contributed by atoms with E-state index in [0.717, 1.165) is 24.2 Å². The van der Waals surface area contributed by atoms with Gasteiger partial charge in [0, 0.05) is 6.54 Å². The number of aromatic nitrogens is 2. The summed E-state index contributed by atoms with van der Waals surface area (Å²) in [5, 5.41) is 8.81. The molecule has 14 heavy (non-hydrogen) atoms. The van der Waals surface area contributed by atoms with Gasteiger partial charge < -0.3 is 0 Å². The van der Waals surface area contributed by atoms with Crippen molar-refractivity contribution in [2.75, 3.05) is 13.2 Å². The first kappa shape index (κ1) is 9.82. The zero-order valence-corrected chi connectivity index (χ0v) is 8.85. The Balaban J connectivity index is 2.07. The molecule has 1 aliphatic rings. The fourth-order valence-electron chi connectivity index (χ4n) is 1.16. The van der Waals surface area contributed by atoms with Crippen molar-refractivity contribution in [3.8, 4) is 0 Å². The van der Waals surface area contributed by atoms with Gasteiger partial charge in [-0.1, -0.05) is 11.3 Å². The van der Waals surface area contributed by atoms with Crippen molar-refractivity contribution >= 4 is 28.8 Å². The maximum Gasteiger partial charge on any atom is 0.308 e. The highest BCUT2D eigenvalue weighted by Gasteiger charge is 2.22. The summed E-state index contributed by atoms with van der Waals surface area (Å²) in [5.41, 5.74) is 0. The van der Waals surface area contributed by atoms with Crippen molar-refractivity contribution in [1.29, 1.82) is 0 Å². The van der Waals surface area contributed by atoms with Gasteiger partial charge in [0.2, 0.25) is 9.47 Å². The van der Waals surface area contributed by atoms with Gasteiger partial charge in [-0.3, -0.25) is 9.63 Å². The summed E-state index contributed by atoms with van der Waals surface area (Å²) in [7, 11) is 0. The molecule has 1 fully saturated rings. The molecule has 0 aromatic carbocycles. The second kappa shape index (κ2) is 4.20. The highest BCUT2D eigenvalue weighted by molar-refractivity contribution is 7.17. The first-order valence-corrected chi connectivity index (χ1v) is 5.40. The zero-order chi connectivity index (χ0) is 9.97. The van der Waals surface area contributed by atoms with Gasteiger partial charge in [-0.05, 0) is 24.4 Å². The molecule has 1 aliphatic heterocycles. The molecule has 0 unspecified atom stereocenters. The summed E-state index contributed by atoms with van der Waals surface area (Å²) >= 11 is 6.64. The SMILES string of the molecule is O=C(c1nnc(Cl)s1)N1CCCCO1. The summed E-state index contributed by atoms with van der Waals surface area (Å²) in [6.07, 6.45) is 1.94. The van der Waals surface area contributed by atoms with Crippen molar-refractivity contribution in [3.05, 3.63) is 9.47 Å². The normalized spacial score (nSPS) is 17.1. The first-order valence-electron chi connectivity index (χ1n) is 4.21. The average Bonchev–Trinajstić information content (AvgIpc) is 2.65. The predicted octanol–water partition coefficient (Wildman–Crippen LogP) is 1.36. The Morgan fingerprint density at radius 3 is 2.93 bits per heavy atom. The molecule has 7 heteroatoms. The van der Waals surface area contributed by atoms with Crippen LogP contribution in [0.3, 0.4) is 0 Å². The molecule has 0 saturated carbocycles. The fraction of sp³-hybridized carbons (Fsp3) is 0.571. The molecule has 1 aromatic heterocycles. The number of amides is 1. The third kappa shape index (κ3) is 2.02. The van der Waals surface area contributed by atoms with Gasteiger partial charge in [-0.25, -0.2) is 5.06 Å². The third-order valence-electron chi connectivity index (χ3n) is 1.81. The van der Waals surface area contributed by atoms with Gasteiger partial charge in [0.05, 0.1) is 6.61 Å². The van der Waals surface area contributed by atoms with E-state index in [-0.39, 0.29) is 15.4 Å². The molecular formula is C7H8ClN3O2S. The molecule has 76 valence electrons. The molecular weight excluding hydrogens is 226 g/mol. The van der Waals surface area contributed by atoms with Gasteiger partial charge >= 0.3 is 5.91 Å². The van der Waals surface area contributed by atoms with E-state index < -0.39 is 0 Å². The van der Waals surface area contributed by atoms with Gasteiger partial charge in [-0.2, -0.15) is 0 Å². The fourth-order valence-corrected chi connectivity index (χ4v) is 1.92. The van der Waals surface area contributed by atoms with E-state index in [1.165, 1.54) is 5.06 Å². The van der Waals surface area contributed by atoms with Crippen LogP contribution in [0.1, 0.15) is 22.6 Å². The minimum absolute atomic E-state index is 0.255. The number of carbonyl (C=O) groups excluding carboxylic acids is 1. The molecule has 0 aliphatic carbocycles. The summed E-state index contributed by atoms with van der Waals surface area (Å²) in [5.74, 6) is -0.255. The quantitative estimate of drug-likeness (QED) is 0.735. The minimum Gasteiger partial charge on any atom is -0.271 e. The van der Waals surface area contributed by atoms with Crippen LogP contribution in [0.15, 0.2) is 0 Å². The van der Waals surface area contributed by atoms with E-state index in [2.05, 4.69) is 10.2 Å². The molecule has 2 heterocycles. The second-order valence-corrected chi connectivity index (χ2v) is 4.37. The van der Waals surface area contributed by atoms with E-state index in [9.17, 15) is 4.79 Å². The van der Waals surface area contributed by atoms with Crippen molar-refractivity contribution in [2.45, 2.75) is 12.8 Å². The molecule has 1 saturated heterocycles. The summed E-state index contributed by atoms with van der Waals surface area (Å²) in [6, 6.07) is 0. The van der Waals surface area contributed by atoms with Gasteiger partial charge in [0.25, 0.3) is 0 Å².